The van der Waals surface area contributed by atoms with Crippen molar-refractivity contribution >= 4 is 17.7 Å². The highest BCUT2D eigenvalue weighted by atomic mass is 32.2. The molecule has 0 radical (unpaired) electrons. The molecule has 3 rings (SSSR count). The minimum absolute atomic E-state index is 0.107. The number of imidazole rings is 1. The van der Waals surface area contributed by atoms with Crippen LogP contribution in [0.15, 0.2) is 35.7 Å². The molecule has 1 aliphatic rings. The van der Waals surface area contributed by atoms with Crippen LogP contribution in [0.25, 0.3) is 5.69 Å². The number of carbonyl (C=O) groups excluding carboxylic acids is 1. The van der Waals surface area contributed by atoms with Crippen molar-refractivity contribution in [3.63, 3.8) is 0 Å². The number of hydrogen-bond donors (Lipinski definition) is 1. The van der Waals surface area contributed by atoms with Gasteiger partial charge in [-0.1, -0.05) is 23.9 Å². The summed E-state index contributed by atoms with van der Waals surface area (Å²) in [6.07, 6.45) is 7.15. The van der Waals surface area contributed by atoms with Gasteiger partial charge in [0.05, 0.1) is 17.5 Å². The predicted octanol–water partition coefficient (Wildman–Crippen LogP) is 3.53. The lowest BCUT2D eigenvalue weighted by Crippen LogP contribution is -2.45. The van der Waals surface area contributed by atoms with Crippen LogP contribution < -0.4 is 5.32 Å². The lowest BCUT2D eigenvalue weighted by Gasteiger charge is -2.21. The van der Waals surface area contributed by atoms with E-state index in [0.29, 0.717) is 0 Å². The maximum atomic E-state index is 12.3. The van der Waals surface area contributed by atoms with E-state index in [1.807, 2.05) is 16.8 Å². The van der Waals surface area contributed by atoms with Crippen LogP contribution in [0.2, 0.25) is 0 Å². The molecule has 1 aliphatic carbocycles. The number of carbonyl (C=O) groups is 1. The van der Waals surface area contributed by atoms with E-state index in [2.05, 4.69) is 42.4 Å². The normalized spacial score (nSPS) is 15.7. The lowest BCUT2D eigenvalue weighted by molar-refractivity contribution is -0.119. The highest BCUT2D eigenvalue weighted by Crippen LogP contribution is 2.29. The Morgan fingerprint density at radius 2 is 2.16 bits per heavy atom. The molecule has 5 nitrogen and oxygen atoms in total. The Bertz CT molecular complexity index is 815. The first-order valence-corrected chi connectivity index (χ1v) is 9.48. The number of nitriles is 1. The van der Waals surface area contributed by atoms with E-state index in [1.165, 1.54) is 22.9 Å². The molecule has 0 atom stereocenters. The van der Waals surface area contributed by atoms with Gasteiger partial charge >= 0.3 is 0 Å². The molecule has 1 heterocycles. The summed E-state index contributed by atoms with van der Waals surface area (Å²) >= 11 is 1.39. The number of hydrogen-bond acceptors (Lipinski definition) is 4. The molecule has 0 spiro atoms. The molecule has 130 valence electrons. The van der Waals surface area contributed by atoms with Gasteiger partial charge in [0.15, 0.2) is 5.16 Å². The van der Waals surface area contributed by atoms with E-state index in [4.69, 9.17) is 0 Å². The molecule has 1 aromatic heterocycles. The first-order valence-electron chi connectivity index (χ1n) is 8.50. The van der Waals surface area contributed by atoms with Gasteiger partial charge in [-0.15, -0.1) is 0 Å². The number of amides is 1. The van der Waals surface area contributed by atoms with Gasteiger partial charge in [0.25, 0.3) is 0 Å². The summed E-state index contributed by atoms with van der Waals surface area (Å²) in [7, 11) is 0. The van der Waals surface area contributed by atoms with E-state index in [0.717, 1.165) is 36.5 Å². The van der Waals surface area contributed by atoms with Gasteiger partial charge in [-0.25, -0.2) is 4.98 Å². The van der Waals surface area contributed by atoms with Crippen molar-refractivity contribution in [3.05, 3.63) is 41.7 Å². The zero-order valence-electron chi connectivity index (χ0n) is 14.6. The fraction of sp³-hybridized carbons (Fsp3) is 0.421. The van der Waals surface area contributed by atoms with Crippen molar-refractivity contribution in [1.82, 2.24) is 14.9 Å². The fourth-order valence-corrected chi connectivity index (χ4v) is 4.02. The SMILES string of the molecule is Cc1cccc(-n2ccnc2SCC(=O)NC2(C#N)CCCC2)c1C. The Morgan fingerprint density at radius 1 is 1.40 bits per heavy atom. The Morgan fingerprint density at radius 3 is 2.88 bits per heavy atom. The first-order chi connectivity index (χ1) is 12.0. The van der Waals surface area contributed by atoms with Crippen molar-refractivity contribution in [1.29, 1.82) is 5.26 Å². The quantitative estimate of drug-likeness (QED) is 0.834. The van der Waals surface area contributed by atoms with E-state index < -0.39 is 5.54 Å². The molecular weight excluding hydrogens is 332 g/mol. The second-order valence-corrected chi connectivity index (χ2v) is 7.48. The first kappa shape index (κ1) is 17.6. The lowest BCUT2D eigenvalue weighted by atomic mass is 10.0. The Hall–Kier alpha value is -2.26. The molecule has 0 aliphatic heterocycles. The van der Waals surface area contributed by atoms with Gasteiger partial charge in [-0.05, 0) is 56.7 Å². The zero-order valence-corrected chi connectivity index (χ0v) is 15.4. The van der Waals surface area contributed by atoms with E-state index in [-0.39, 0.29) is 11.7 Å². The predicted molar refractivity (Wildman–Crippen MR) is 98.7 cm³/mol. The van der Waals surface area contributed by atoms with Gasteiger partial charge in [0.2, 0.25) is 5.91 Å². The zero-order chi connectivity index (χ0) is 17.9. The summed E-state index contributed by atoms with van der Waals surface area (Å²) in [5, 5.41) is 13.1. The molecule has 0 bridgehead atoms. The topological polar surface area (TPSA) is 70.7 Å². The van der Waals surface area contributed by atoms with Crippen LogP contribution in [0.1, 0.15) is 36.8 Å². The molecule has 1 fully saturated rings. The number of aryl methyl sites for hydroxylation is 1. The monoisotopic (exact) mass is 354 g/mol. The second-order valence-electron chi connectivity index (χ2n) is 6.54. The fourth-order valence-electron chi connectivity index (χ4n) is 3.25. The summed E-state index contributed by atoms with van der Waals surface area (Å²) in [4.78, 5) is 16.7. The van der Waals surface area contributed by atoms with Crippen LogP contribution in [0, 0.1) is 25.2 Å². The minimum Gasteiger partial charge on any atom is -0.337 e. The van der Waals surface area contributed by atoms with Crippen LogP contribution in [-0.2, 0) is 4.79 Å². The van der Waals surface area contributed by atoms with Crippen LogP contribution in [0.5, 0.6) is 0 Å². The van der Waals surface area contributed by atoms with Gasteiger partial charge in [0.1, 0.15) is 5.54 Å². The van der Waals surface area contributed by atoms with Gasteiger partial charge in [-0.2, -0.15) is 5.26 Å². The van der Waals surface area contributed by atoms with Crippen LogP contribution >= 0.6 is 11.8 Å². The largest absolute Gasteiger partial charge is 0.337 e. The van der Waals surface area contributed by atoms with Crippen molar-refractivity contribution in [2.45, 2.75) is 50.2 Å². The number of rotatable bonds is 5. The van der Waals surface area contributed by atoms with E-state index in [1.54, 1.807) is 6.20 Å². The third-order valence-corrected chi connectivity index (χ3v) is 5.79. The van der Waals surface area contributed by atoms with Crippen LogP contribution in [-0.4, -0.2) is 26.8 Å². The highest BCUT2D eigenvalue weighted by molar-refractivity contribution is 7.99. The molecular formula is C19H22N4OS. The average Bonchev–Trinajstić information content (AvgIpc) is 3.25. The van der Waals surface area contributed by atoms with Crippen molar-refractivity contribution in [2.24, 2.45) is 0 Å². The molecule has 0 saturated heterocycles. The number of nitrogens with one attached hydrogen (secondary N) is 1. The second kappa shape index (κ2) is 7.32. The van der Waals surface area contributed by atoms with Crippen LogP contribution in [0.3, 0.4) is 0 Å². The summed E-state index contributed by atoms with van der Waals surface area (Å²) in [5.74, 6) is 0.148. The molecule has 6 heteroatoms. The third kappa shape index (κ3) is 3.72. The number of benzene rings is 1. The van der Waals surface area contributed by atoms with E-state index in [9.17, 15) is 10.1 Å². The molecule has 1 N–H and O–H groups in total. The Labute approximate surface area is 152 Å². The summed E-state index contributed by atoms with van der Waals surface area (Å²) < 4.78 is 2.01. The third-order valence-electron chi connectivity index (χ3n) is 4.82. The van der Waals surface area contributed by atoms with E-state index >= 15 is 0 Å². The number of nitrogens with zero attached hydrogens (tertiary/aromatic N) is 3. The highest BCUT2D eigenvalue weighted by Gasteiger charge is 2.35. The molecule has 25 heavy (non-hydrogen) atoms. The van der Waals surface area contributed by atoms with Crippen molar-refractivity contribution in [2.75, 3.05) is 5.75 Å². The summed E-state index contributed by atoms with van der Waals surface area (Å²) in [5.41, 5.74) is 2.82. The average molecular weight is 354 g/mol. The molecule has 2 aromatic rings. The maximum Gasteiger partial charge on any atom is 0.231 e. The minimum atomic E-state index is -0.666. The van der Waals surface area contributed by atoms with Crippen molar-refractivity contribution < 1.29 is 4.79 Å². The van der Waals surface area contributed by atoms with Gasteiger partial charge in [-0.3, -0.25) is 9.36 Å². The van der Waals surface area contributed by atoms with Gasteiger partial charge < -0.3 is 5.32 Å². The number of thioether (sulfide) groups is 1. The molecule has 0 unspecified atom stereocenters. The summed E-state index contributed by atoms with van der Waals surface area (Å²) in [6.45, 7) is 4.17. The number of aromatic nitrogens is 2. The summed E-state index contributed by atoms with van der Waals surface area (Å²) in [6, 6.07) is 8.45. The molecule has 1 amide bonds. The standard InChI is InChI=1S/C19H22N4OS/c1-14-6-5-7-16(15(14)2)23-11-10-21-18(23)25-12-17(24)22-19(13-20)8-3-4-9-19/h5-7,10-11H,3-4,8-9,12H2,1-2H3,(H,22,24). The van der Waals surface area contributed by atoms with Crippen molar-refractivity contribution in [3.8, 4) is 11.8 Å². The Kier molecular flexibility index (Phi) is 5.14. The molecule has 1 saturated carbocycles. The smallest absolute Gasteiger partial charge is 0.231 e. The van der Waals surface area contributed by atoms with Crippen LogP contribution in [0.4, 0.5) is 0 Å². The Balaban J connectivity index is 1.69. The maximum absolute atomic E-state index is 12.3. The molecule has 1 aromatic carbocycles. The van der Waals surface area contributed by atoms with Gasteiger partial charge in [0, 0.05) is 12.4 Å².